The molecule has 110 valence electrons. The largest absolute Gasteiger partial charge is 0.380 e. The molecule has 2 amide bonds. The summed E-state index contributed by atoms with van der Waals surface area (Å²) in [5, 5.41) is 3.57. The highest BCUT2D eigenvalue weighted by Crippen LogP contribution is 2.23. The first-order chi connectivity index (χ1) is 10.2. The van der Waals surface area contributed by atoms with Crippen LogP contribution in [0.4, 0.5) is 10.5 Å². The van der Waals surface area contributed by atoms with E-state index in [0.29, 0.717) is 19.1 Å². The van der Waals surface area contributed by atoms with Gasteiger partial charge < -0.3 is 20.5 Å². The van der Waals surface area contributed by atoms with E-state index in [9.17, 15) is 4.79 Å². The molecule has 0 spiro atoms. The zero-order valence-electron chi connectivity index (χ0n) is 11.8. The SMILES string of the molecule is NC(=O)N1CCC(Nc2ccccc2-n2ccnc2)CC1. The molecule has 2 aromatic rings. The quantitative estimate of drug-likeness (QED) is 0.903. The number of carbonyl (C=O) groups excluding carboxylic acids is 1. The number of rotatable bonds is 3. The minimum atomic E-state index is -0.327. The number of urea groups is 1. The van der Waals surface area contributed by atoms with Gasteiger partial charge in [-0.1, -0.05) is 12.1 Å². The molecule has 6 nitrogen and oxygen atoms in total. The lowest BCUT2D eigenvalue weighted by Crippen LogP contribution is -2.44. The fourth-order valence-corrected chi connectivity index (χ4v) is 2.69. The van der Waals surface area contributed by atoms with E-state index in [1.807, 2.05) is 22.9 Å². The first-order valence-electron chi connectivity index (χ1n) is 7.12. The van der Waals surface area contributed by atoms with Crippen LogP contribution in [0, 0.1) is 0 Å². The van der Waals surface area contributed by atoms with E-state index in [1.165, 1.54) is 0 Å². The second-order valence-corrected chi connectivity index (χ2v) is 5.23. The molecular weight excluding hydrogens is 266 g/mol. The van der Waals surface area contributed by atoms with Crippen LogP contribution in [0.2, 0.25) is 0 Å². The van der Waals surface area contributed by atoms with Gasteiger partial charge in [-0.05, 0) is 25.0 Å². The zero-order chi connectivity index (χ0) is 14.7. The summed E-state index contributed by atoms with van der Waals surface area (Å²) >= 11 is 0. The zero-order valence-corrected chi connectivity index (χ0v) is 11.8. The number of nitrogens with one attached hydrogen (secondary N) is 1. The summed E-state index contributed by atoms with van der Waals surface area (Å²) in [6, 6.07) is 8.17. The Hall–Kier alpha value is -2.50. The van der Waals surface area contributed by atoms with Gasteiger partial charge in [0.15, 0.2) is 0 Å². The average Bonchev–Trinajstić information content (AvgIpc) is 3.02. The molecule has 2 heterocycles. The van der Waals surface area contributed by atoms with Crippen LogP contribution < -0.4 is 11.1 Å². The van der Waals surface area contributed by atoms with Crippen molar-refractivity contribution in [2.24, 2.45) is 5.73 Å². The van der Waals surface area contributed by atoms with Gasteiger partial charge in [0, 0.05) is 31.5 Å². The van der Waals surface area contributed by atoms with E-state index in [0.717, 1.165) is 24.2 Å². The van der Waals surface area contributed by atoms with E-state index in [-0.39, 0.29) is 6.03 Å². The summed E-state index contributed by atoms with van der Waals surface area (Å²) in [6.45, 7) is 1.42. The highest BCUT2D eigenvalue weighted by atomic mass is 16.2. The number of nitrogens with two attached hydrogens (primary N) is 1. The van der Waals surface area contributed by atoms with Crippen LogP contribution in [0.5, 0.6) is 0 Å². The van der Waals surface area contributed by atoms with Gasteiger partial charge in [0.1, 0.15) is 0 Å². The number of hydrogen-bond acceptors (Lipinski definition) is 3. The molecule has 1 fully saturated rings. The van der Waals surface area contributed by atoms with E-state index >= 15 is 0 Å². The molecule has 1 aliphatic heterocycles. The van der Waals surface area contributed by atoms with Crippen LogP contribution in [0.15, 0.2) is 43.0 Å². The van der Waals surface area contributed by atoms with Gasteiger partial charge in [-0.15, -0.1) is 0 Å². The van der Waals surface area contributed by atoms with Crippen LogP contribution in [0.1, 0.15) is 12.8 Å². The summed E-state index contributed by atoms with van der Waals surface area (Å²) in [5.41, 5.74) is 7.46. The maximum Gasteiger partial charge on any atom is 0.314 e. The number of anilines is 1. The summed E-state index contributed by atoms with van der Waals surface area (Å²) in [5.74, 6) is 0. The molecule has 1 aromatic carbocycles. The Bertz CT molecular complexity index is 602. The smallest absolute Gasteiger partial charge is 0.314 e. The molecule has 0 atom stereocenters. The Morgan fingerprint density at radius 2 is 2.05 bits per heavy atom. The van der Waals surface area contributed by atoms with Crippen LogP contribution in [-0.2, 0) is 0 Å². The maximum atomic E-state index is 11.1. The first-order valence-corrected chi connectivity index (χ1v) is 7.12. The van der Waals surface area contributed by atoms with Crippen molar-refractivity contribution in [3.63, 3.8) is 0 Å². The lowest BCUT2D eigenvalue weighted by molar-refractivity contribution is 0.193. The molecule has 0 radical (unpaired) electrons. The molecular formula is C15H19N5O. The first kappa shape index (κ1) is 13.5. The second-order valence-electron chi connectivity index (χ2n) is 5.23. The summed E-state index contributed by atoms with van der Waals surface area (Å²) in [6.07, 6.45) is 7.29. The van der Waals surface area contributed by atoms with Gasteiger partial charge in [-0.2, -0.15) is 0 Å². The number of hydrogen-bond donors (Lipinski definition) is 2. The van der Waals surface area contributed by atoms with Crippen LogP contribution in [0.3, 0.4) is 0 Å². The predicted octanol–water partition coefficient (Wildman–Crippen LogP) is 1.83. The lowest BCUT2D eigenvalue weighted by Gasteiger charge is -2.32. The number of primary amides is 1. The van der Waals surface area contributed by atoms with Gasteiger partial charge in [-0.25, -0.2) is 9.78 Å². The van der Waals surface area contributed by atoms with Gasteiger partial charge >= 0.3 is 6.03 Å². The fraction of sp³-hybridized carbons (Fsp3) is 0.333. The molecule has 0 unspecified atom stereocenters. The van der Waals surface area contributed by atoms with Crippen molar-refractivity contribution in [2.45, 2.75) is 18.9 Å². The third-order valence-corrected chi connectivity index (χ3v) is 3.85. The number of carbonyl (C=O) groups is 1. The van der Waals surface area contributed by atoms with Crippen molar-refractivity contribution in [1.29, 1.82) is 0 Å². The predicted molar refractivity (Wildman–Crippen MR) is 81.4 cm³/mol. The number of likely N-dealkylation sites (tertiary alicyclic amines) is 1. The molecule has 1 saturated heterocycles. The van der Waals surface area contributed by atoms with Crippen molar-refractivity contribution in [2.75, 3.05) is 18.4 Å². The van der Waals surface area contributed by atoms with E-state index < -0.39 is 0 Å². The number of imidazole rings is 1. The Morgan fingerprint density at radius 3 is 2.71 bits per heavy atom. The Balaban J connectivity index is 1.70. The molecule has 3 N–H and O–H groups in total. The third-order valence-electron chi connectivity index (χ3n) is 3.85. The van der Waals surface area contributed by atoms with Crippen molar-refractivity contribution in [3.8, 4) is 5.69 Å². The molecule has 6 heteroatoms. The van der Waals surface area contributed by atoms with Gasteiger partial charge in [0.25, 0.3) is 0 Å². The number of benzene rings is 1. The summed E-state index contributed by atoms with van der Waals surface area (Å²) < 4.78 is 1.99. The summed E-state index contributed by atoms with van der Waals surface area (Å²) in [7, 11) is 0. The van der Waals surface area contributed by atoms with E-state index in [2.05, 4.69) is 22.4 Å². The Kier molecular flexibility index (Phi) is 3.77. The van der Waals surface area contributed by atoms with Crippen LogP contribution in [-0.4, -0.2) is 39.6 Å². The molecule has 1 aliphatic rings. The number of nitrogens with zero attached hydrogens (tertiary/aromatic N) is 3. The minimum absolute atomic E-state index is 0.327. The molecule has 0 bridgehead atoms. The molecule has 0 aliphatic carbocycles. The maximum absolute atomic E-state index is 11.1. The fourth-order valence-electron chi connectivity index (χ4n) is 2.69. The standard InChI is InChI=1S/C15H19N5O/c16-15(21)19-8-5-12(6-9-19)18-13-3-1-2-4-14(13)20-10-7-17-11-20/h1-4,7,10-12,18H,5-6,8-9H2,(H2,16,21). The van der Waals surface area contributed by atoms with Crippen LogP contribution >= 0.6 is 0 Å². The van der Waals surface area contributed by atoms with Gasteiger partial charge in [0.05, 0.1) is 17.7 Å². The molecule has 3 rings (SSSR count). The number of aromatic nitrogens is 2. The van der Waals surface area contributed by atoms with Gasteiger partial charge in [0.2, 0.25) is 0 Å². The van der Waals surface area contributed by atoms with Crippen molar-refractivity contribution < 1.29 is 4.79 Å². The van der Waals surface area contributed by atoms with Gasteiger partial charge in [-0.3, -0.25) is 0 Å². The normalized spacial score (nSPS) is 15.9. The third kappa shape index (κ3) is 2.99. The van der Waals surface area contributed by atoms with E-state index in [1.54, 1.807) is 17.4 Å². The minimum Gasteiger partial charge on any atom is -0.380 e. The monoisotopic (exact) mass is 285 g/mol. The average molecular weight is 285 g/mol. The lowest BCUT2D eigenvalue weighted by atomic mass is 10.0. The number of amides is 2. The number of piperidine rings is 1. The molecule has 0 saturated carbocycles. The molecule has 21 heavy (non-hydrogen) atoms. The Morgan fingerprint density at radius 1 is 1.29 bits per heavy atom. The Labute approximate surface area is 123 Å². The van der Waals surface area contributed by atoms with E-state index in [4.69, 9.17) is 5.73 Å². The highest BCUT2D eigenvalue weighted by Gasteiger charge is 2.21. The van der Waals surface area contributed by atoms with Crippen molar-refractivity contribution >= 4 is 11.7 Å². The molecule has 1 aromatic heterocycles. The highest BCUT2D eigenvalue weighted by molar-refractivity contribution is 5.72. The van der Waals surface area contributed by atoms with Crippen LogP contribution in [0.25, 0.3) is 5.69 Å². The van der Waals surface area contributed by atoms with Crippen molar-refractivity contribution in [1.82, 2.24) is 14.5 Å². The topological polar surface area (TPSA) is 76.2 Å². The van der Waals surface area contributed by atoms with Crippen molar-refractivity contribution in [3.05, 3.63) is 43.0 Å². The summed E-state index contributed by atoms with van der Waals surface area (Å²) in [4.78, 5) is 16.9. The second kappa shape index (κ2) is 5.87. The number of para-hydroxylation sites is 2.